The molecule has 19 heavy (non-hydrogen) atoms. The maximum absolute atomic E-state index is 12.1. The van der Waals surface area contributed by atoms with Gasteiger partial charge in [-0.25, -0.2) is 0 Å². The molecule has 1 fully saturated rings. The lowest BCUT2D eigenvalue weighted by atomic mass is 10.2. The molecule has 5 heteroatoms. The Balaban J connectivity index is 2.03. The SMILES string of the molecule is C=CC(=O)Nc1ccc(C(=O)N2CC[C@@H](N)C2)cc1. The highest BCUT2D eigenvalue weighted by Crippen LogP contribution is 2.15. The van der Waals surface area contributed by atoms with Gasteiger partial charge in [0, 0.05) is 30.4 Å². The normalized spacial score (nSPS) is 18.2. The third-order valence-corrected chi connectivity index (χ3v) is 3.10. The van der Waals surface area contributed by atoms with Crippen molar-refractivity contribution in [2.75, 3.05) is 18.4 Å². The molecule has 1 aromatic rings. The number of hydrogen-bond donors (Lipinski definition) is 2. The van der Waals surface area contributed by atoms with Crippen molar-refractivity contribution < 1.29 is 9.59 Å². The molecule has 1 aliphatic heterocycles. The number of nitrogens with one attached hydrogen (secondary N) is 1. The van der Waals surface area contributed by atoms with Crippen molar-refractivity contribution in [3.63, 3.8) is 0 Å². The summed E-state index contributed by atoms with van der Waals surface area (Å²) in [6.45, 7) is 4.69. The third kappa shape index (κ3) is 3.20. The topological polar surface area (TPSA) is 75.4 Å². The molecule has 2 amide bonds. The predicted molar refractivity (Wildman–Crippen MR) is 73.8 cm³/mol. The third-order valence-electron chi connectivity index (χ3n) is 3.10. The lowest BCUT2D eigenvalue weighted by molar-refractivity contribution is -0.111. The highest BCUT2D eigenvalue weighted by molar-refractivity contribution is 5.99. The number of amides is 2. The summed E-state index contributed by atoms with van der Waals surface area (Å²) in [5.41, 5.74) is 7.03. The molecule has 100 valence electrons. The van der Waals surface area contributed by atoms with E-state index in [0.29, 0.717) is 24.3 Å². The van der Waals surface area contributed by atoms with Gasteiger partial charge in [0.25, 0.3) is 5.91 Å². The standard InChI is InChI=1S/C14H17N3O2/c1-2-13(18)16-12-5-3-10(4-6-12)14(19)17-8-7-11(15)9-17/h2-6,11H,1,7-9,15H2,(H,16,18)/t11-/m1/s1. The van der Waals surface area contributed by atoms with E-state index in [0.717, 1.165) is 6.42 Å². The van der Waals surface area contributed by atoms with E-state index in [1.165, 1.54) is 6.08 Å². The van der Waals surface area contributed by atoms with Crippen LogP contribution in [0.25, 0.3) is 0 Å². The summed E-state index contributed by atoms with van der Waals surface area (Å²) in [6.07, 6.45) is 2.05. The van der Waals surface area contributed by atoms with Crippen LogP contribution in [0.2, 0.25) is 0 Å². The Morgan fingerprint density at radius 2 is 2.05 bits per heavy atom. The molecule has 0 radical (unpaired) electrons. The summed E-state index contributed by atoms with van der Waals surface area (Å²) in [6, 6.07) is 6.88. The first-order chi connectivity index (χ1) is 9.10. The summed E-state index contributed by atoms with van der Waals surface area (Å²) >= 11 is 0. The van der Waals surface area contributed by atoms with Crippen LogP contribution in [-0.4, -0.2) is 35.8 Å². The molecule has 1 saturated heterocycles. The molecule has 3 N–H and O–H groups in total. The van der Waals surface area contributed by atoms with Crippen molar-refractivity contribution >= 4 is 17.5 Å². The molecule has 0 aliphatic carbocycles. The smallest absolute Gasteiger partial charge is 0.253 e. The fourth-order valence-electron chi connectivity index (χ4n) is 2.04. The van der Waals surface area contributed by atoms with Crippen LogP contribution >= 0.6 is 0 Å². The van der Waals surface area contributed by atoms with Crippen LogP contribution in [0.15, 0.2) is 36.9 Å². The van der Waals surface area contributed by atoms with Crippen LogP contribution < -0.4 is 11.1 Å². The number of benzene rings is 1. The first-order valence-electron chi connectivity index (χ1n) is 6.18. The Morgan fingerprint density at radius 1 is 1.37 bits per heavy atom. The zero-order chi connectivity index (χ0) is 13.8. The van der Waals surface area contributed by atoms with Gasteiger partial charge in [0.1, 0.15) is 0 Å². The molecule has 5 nitrogen and oxygen atoms in total. The number of carbonyl (C=O) groups excluding carboxylic acids is 2. The molecule has 1 atom stereocenters. The predicted octanol–water partition coefficient (Wildman–Crippen LogP) is 0.984. The quantitative estimate of drug-likeness (QED) is 0.795. The summed E-state index contributed by atoms with van der Waals surface area (Å²) in [4.78, 5) is 25.0. The van der Waals surface area contributed by atoms with Crippen LogP contribution in [0.5, 0.6) is 0 Å². The van der Waals surface area contributed by atoms with Gasteiger partial charge in [0.05, 0.1) is 0 Å². The summed E-state index contributed by atoms with van der Waals surface area (Å²) < 4.78 is 0. The molecule has 0 unspecified atom stereocenters. The van der Waals surface area contributed by atoms with Crippen LogP contribution in [0.1, 0.15) is 16.8 Å². The molecular weight excluding hydrogens is 242 g/mol. The Bertz CT molecular complexity index is 496. The van der Waals surface area contributed by atoms with Crippen molar-refractivity contribution in [3.8, 4) is 0 Å². The number of carbonyl (C=O) groups is 2. The number of nitrogens with zero attached hydrogens (tertiary/aromatic N) is 1. The summed E-state index contributed by atoms with van der Waals surface area (Å²) in [5.74, 6) is -0.292. The van der Waals surface area contributed by atoms with E-state index >= 15 is 0 Å². The van der Waals surface area contributed by atoms with E-state index in [2.05, 4.69) is 11.9 Å². The van der Waals surface area contributed by atoms with Gasteiger partial charge in [-0.3, -0.25) is 9.59 Å². The van der Waals surface area contributed by atoms with Crippen LogP contribution in [0.4, 0.5) is 5.69 Å². The van der Waals surface area contributed by atoms with Crippen molar-refractivity contribution in [1.29, 1.82) is 0 Å². The number of nitrogens with two attached hydrogens (primary N) is 1. The van der Waals surface area contributed by atoms with Crippen LogP contribution in [-0.2, 0) is 4.79 Å². The Morgan fingerprint density at radius 3 is 2.58 bits per heavy atom. The van der Waals surface area contributed by atoms with Gasteiger partial charge in [-0.15, -0.1) is 0 Å². The second-order valence-electron chi connectivity index (χ2n) is 4.57. The number of likely N-dealkylation sites (tertiary alicyclic amines) is 1. The van der Waals surface area contributed by atoms with E-state index in [4.69, 9.17) is 5.73 Å². The molecule has 0 spiro atoms. The van der Waals surface area contributed by atoms with Gasteiger partial charge in [-0.1, -0.05) is 6.58 Å². The van der Waals surface area contributed by atoms with E-state index in [9.17, 15) is 9.59 Å². The van der Waals surface area contributed by atoms with E-state index in [1.807, 2.05) is 0 Å². The van der Waals surface area contributed by atoms with E-state index in [-0.39, 0.29) is 17.9 Å². The van der Waals surface area contributed by atoms with Gasteiger partial charge in [-0.05, 0) is 36.8 Å². The van der Waals surface area contributed by atoms with Gasteiger partial charge in [-0.2, -0.15) is 0 Å². The Kier molecular flexibility index (Phi) is 3.97. The van der Waals surface area contributed by atoms with Crippen molar-refractivity contribution in [3.05, 3.63) is 42.5 Å². The average molecular weight is 259 g/mol. The highest BCUT2D eigenvalue weighted by atomic mass is 16.2. The van der Waals surface area contributed by atoms with Crippen molar-refractivity contribution in [2.24, 2.45) is 5.73 Å². The fourth-order valence-corrected chi connectivity index (χ4v) is 2.04. The van der Waals surface area contributed by atoms with Crippen molar-refractivity contribution in [1.82, 2.24) is 4.90 Å². The van der Waals surface area contributed by atoms with E-state index < -0.39 is 0 Å². The zero-order valence-electron chi connectivity index (χ0n) is 10.6. The first-order valence-corrected chi connectivity index (χ1v) is 6.18. The summed E-state index contributed by atoms with van der Waals surface area (Å²) in [5, 5.41) is 2.63. The molecular formula is C14H17N3O2. The van der Waals surface area contributed by atoms with Crippen molar-refractivity contribution in [2.45, 2.75) is 12.5 Å². The number of hydrogen-bond acceptors (Lipinski definition) is 3. The zero-order valence-corrected chi connectivity index (χ0v) is 10.6. The maximum atomic E-state index is 12.1. The molecule has 1 aromatic carbocycles. The van der Waals surface area contributed by atoms with E-state index in [1.54, 1.807) is 29.2 Å². The van der Waals surface area contributed by atoms with Crippen LogP contribution in [0, 0.1) is 0 Å². The molecule has 1 aliphatic rings. The van der Waals surface area contributed by atoms with Crippen LogP contribution in [0.3, 0.4) is 0 Å². The molecule has 1 heterocycles. The monoisotopic (exact) mass is 259 g/mol. The lowest BCUT2D eigenvalue weighted by Crippen LogP contribution is -2.31. The highest BCUT2D eigenvalue weighted by Gasteiger charge is 2.24. The second-order valence-corrected chi connectivity index (χ2v) is 4.57. The van der Waals surface area contributed by atoms with Gasteiger partial charge in [0.15, 0.2) is 0 Å². The minimum Gasteiger partial charge on any atom is -0.337 e. The first kappa shape index (κ1) is 13.3. The minimum atomic E-state index is -0.274. The molecule has 2 rings (SSSR count). The number of anilines is 1. The lowest BCUT2D eigenvalue weighted by Gasteiger charge is -2.15. The second kappa shape index (κ2) is 5.67. The summed E-state index contributed by atoms with van der Waals surface area (Å²) in [7, 11) is 0. The molecule has 0 aromatic heterocycles. The Labute approximate surface area is 112 Å². The van der Waals surface area contributed by atoms with Gasteiger partial charge in [0.2, 0.25) is 5.91 Å². The number of rotatable bonds is 3. The molecule has 0 bridgehead atoms. The van der Waals surface area contributed by atoms with Gasteiger partial charge < -0.3 is 16.0 Å². The Hall–Kier alpha value is -2.14. The van der Waals surface area contributed by atoms with Gasteiger partial charge >= 0.3 is 0 Å². The maximum Gasteiger partial charge on any atom is 0.253 e. The average Bonchev–Trinajstić information content (AvgIpc) is 2.85. The largest absolute Gasteiger partial charge is 0.337 e. The minimum absolute atomic E-state index is 0.0189. The fraction of sp³-hybridized carbons (Fsp3) is 0.286. The molecule has 0 saturated carbocycles.